The van der Waals surface area contributed by atoms with Gasteiger partial charge in [-0.25, -0.2) is 4.98 Å². The second-order valence-corrected chi connectivity index (χ2v) is 7.79. The maximum atomic E-state index is 12.8. The van der Waals surface area contributed by atoms with Gasteiger partial charge in [-0.3, -0.25) is 9.59 Å². The maximum Gasteiger partial charge on any atom is 0.416 e. The van der Waals surface area contributed by atoms with Crippen LogP contribution in [0.4, 0.5) is 24.0 Å². The van der Waals surface area contributed by atoms with Crippen molar-refractivity contribution in [3.05, 3.63) is 64.5 Å². The van der Waals surface area contributed by atoms with E-state index in [9.17, 15) is 22.8 Å². The van der Waals surface area contributed by atoms with Crippen LogP contribution in [0.1, 0.15) is 27.7 Å². The molecule has 0 aliphatic carbocycles. The molecule has 0 aliphatic heterocycles. The minimum Gasteiger partial charge on any atom is -0.345 e. The van der Waals surface area contributed by atoms with Crippen LogP contribution in [0.15, 0.2) is 48.5 Å². The van der Waals surface area contributed by atoms with E-state index in [0.717, 1.165) is 17.0 Å². The van der Waals surface area contributed by atoms with Gasteiger partial charge >= 0.3 is 6.18 Å². The second kappa shape index (κ2) is 8.66. The Hall–Kier alpha value is -3.20. The summed E-state index contributed by atoms with van der Waals surface area (Å²) in [6.45, 7) is 3.18. The van der Waals surface area contributed by atoms with Crippen molar-refractivity contribution in [2.45, 2.75) is 20.0 Å². The second-order valence-electron chi connectivity index (χ2n) is 6.59. The predicted molar refractivity (Wildman–Crippen MR) is 110 cm³/mol. The first-order chi connectivity index (χ1) is 14.1. The standard InChI is InChI=1S/C21H18F3N3O2S/c1-12(28)11-25-19(29)15-4-3-5-17(10-15)26-20-27-18(13(2)30-20)14-6-8-16(9-7-14)21(22,23)24/h3-10H,11H2,1-2H3,(H,25,29)(H,26,27). The van der Waals surface area contributed by atoms with E-state index in [2.05, 4.69) is 15.6 Å². The third-order valence-corrected chi connectivity index (χ3v) is 5.04. The highest BCUT2D eigenvalue weighted by Crippen LogP contribution is 2.34. The molecule has 1 heterocycles. The summed E-state index contributed by atoms with van der Waals surface area (Å²) in [5.41, 5.74) is 1.47. The molecule has 0 saturated heterocycles. The molecule has 0 unspecified atom stereocenters. The fraction of sp³-hybridized carbons (Fsp3) is 0.190. The molecule has 9 heteroatoms. The number of thiazole rings is 1. The van der Waals surface area contributed by atoms with Crippen molar-refractivity contribution in [1.29, 1.82) is 0 Å². The van der Waals surface area contributed by atoms with Crippen LogP contribution in [0.3, 0.4) is 0 Å². The molecule has 0 bridgehead atoms. The van der Waals surface area contributed by atoms with E-state index in [1.807, 2.05) is 6.92 Å². The minimum absolute atomic E-state index is 0.0430. The summed E-state index contributed by atoms with van der Waals surface area (Å²) in [5, 5.41) is 6.19. The number of rotatable bonds is 6. The smallest absolute Gasteiger partial charge is 0.345 e. The largest absolute Gasteiger partial charge is 0.416 e. The molecule has 0 spiro atoms. The number of benzene rings is 2. The monoisotopic (exact) mass is 433 g/mol. The van der Waals surface area contributed by atoms with Crippen molar-refractivity contribution in [3.63, 3.8) is 0 Å². The molecule has 30 heavy (non-hydrogen) atoms. The summed E-state index contributed by atoms with van der Waals surface area (Å²) in [6, 6.07) is 11.6. The molecule has 1 aromatic heterocycles. The number of carbonyl (C=O) groups is 2. The van der Waals surface area contributed by atoms with Gasteiger partial charge in [0, 0.05) is 21.7 Å². The van der Waals surface area contributed by atoms with Gasteiger partial charge in [-0.2, -0.15) is 13.2 Å². The number of amides is 1. The van der Waals surface area contributed by atoms with Gasteiger partial charge in [0.15, 0.2) is 5.13 Å². The summed E-state index contributed by atoms with van der Waals surface area (Å²) in [7, 11) is 0. The van der Waals surface area contributed by atoms with Crippen molar-refractivity contribution < 1.29 is 22.8 Å². The van der Waals surface area contributed by atoms with Crippen LogP contribution >= 0.6 is 11.3 Å². The Morgan fingerprint density at radius 2 is 1.80 bits per heavy atom. The van der Waals surface area contributed by atoms with E-state index in [4.69, 9.17) is 0 Å². The first-order valence-corrected chi connectivity index (χ1v) is 9.75. The van der Waals surface area contributed by atoms with Crippen molar-refractivity contribution in [2.75, 3.05) is 11.9 Å². The Morgan fingerprint density at radius 1 is 1.10 bits per heavy atom. The summed E-state index contributed by atoms with van der Waals surface area (Å²) >= 11 is 1.35. The third kappa shape index (κ3) is 5.24. The highest BCUT2D eigenvalue weighted by Gasteiger charge is 2.30. The number of hydrogen-bond donors (Lipinski definition) is 2. The third-order valence-electron chi connectivity index (χ3n) is 4.16. The minimum atomic E-state index is -4.38. The number of alkyl halides is 3. The molecule has 5 nitrogen and oxygen atoms in total. The molecule has 156 valence electrons. The van der Waals surface area contributed by atoms with E-state index in [-0.39, 0.29) is 18.2 Å². The maximum absolute atomic E-state index is 12.8. The molecule has 0 aliphatic rings. The lowest BCUT2D eigenvalue weighted by molar-refractivity contribution is -0.137. The zero-order valence-electron chi connectivity index (χ0n) is 16.1. The number of Topliss-reactive ketones (excluding diaryl/α,β-unsaturated/α-hetero) is 1. The van der Waals surface area contributed by atoms with Crippen molar-refractivity contribution in [1.82, 2.24) is 10.3 Å². The summed E-state index contributed by atoms with van der Waals surface area (Å²) in [4.78, 5) is 28.5. The van der Waals surface area contributed by atoms with Gasteiger partial charge in [0.2, 0.25) is 0 Å². The normalized spacial score (nSPS) is 11.2. The quantitative estimate of drug-likeness (QED) is 0.561. The summed E-state index contributed by atoms with van der Waals surface area (Å²) in [5.74, 6) is -0.513. The highest BCUT2D eigenvalue weighted by molar-refractivity contribution is 7.16. The lowest BCUT2D eigenvalue weighted by Crippen LogP contribution is -2.28. The molecule has 0 radical (unpaired) electrons. The number of carbonyl (C=O) groups excluding carboxylic acids is 2. The van der Waals surface area contributed by atoms with E-state index in [1.165, 1.54) is 30.4 Å². The number of nitrogens with one attached hydrogen (secondary N) is 2. The molecular weight excluding hydrogens is 415 g/mol. The Bertz CT molecular complexity index is 1080. The molecule has 2 N–H and O–H groups in total. The molecule has 0 atom stereocenters. The summed E-state index contributed by atoms with van der Waals surface area (Å²) < 4.78 is 38.3. The number of aryl methyl sites for hydroxylation is 1. The number of aromatic nitrogens is 1. The van der Waals surface area contributed by atoms with Crippen molar-refractivity contribution in [2.24, 2.45) is 0 Å². The lowest BCUT2D eigenvalue weighted by atomic mass is 10.1. The molecule has 3 rings (SSSR count). The number of nitrogens with zero attached hydrogens (tertiary/aromatic N) is 1. The first-order valence-electron chi connectivity index (χ1n) is 8.93. The van der Waals surface area contributed by atoms with Gasteiger partial charge in [0.05, 0.1) is 17.8 Å². The predicted octanol–water partition coefficient (Wildman–Crippen LogP) is 5.20. The van der Waals surface area contributed by atoms with Crippen molar-refractivity contribution >= 4 is 33.8 Å². The SMILES string of the molecule is CC(=O)CNC(=O)c1cccc(Nc2nc(-c3ccc(C(F)(F)F)cc3)c(C)s2)c1. The Balaban J connectivity index is 1.77. The van der Waals surface area contributed by atoms with Crippen molar-refractivity contribution in [3.8, 4) is 11.3 Å². The average molecular weight is 433 g/mol. The molecular formula is C21H18F3N3O2S. The van der Waals surface area contributed by atoms with Gasteiger partial charge in [0.25, 0.3) is 5.91 Å². The lowest BCUT2D eigenvalue weighted by Gasteiger charge is -2.07. The van der Waals surface area contributed by atoms with E-state index in [1.54, 1.807) is 24.3 Å². The number of hydrogen-bond acceptors (Lipinski definition) is 5. The molecule has 3 aromatic rings. The van der Waals surface area contributed by atoms with Crippen LogP contribution in [0.5, 0.6) is 0 Å². The molecule has 2 aromatic carbocycles. The van der Waals surface area contributed by atoms with Crippen LogP contribution < -0.4 is 10.6 Å². The average Bonchev–Trinajstić information content (AvgIpc) is 3.05. The van der Waals surface area contributed by atoms with Gasteiger partial charge in [-0.05, 0) is 44.2 Å². The Morgan fingerprint density at radius 3 is 2.43 bits per heavy atom. The number of halogens is 3. The van der Waals surface area contributed by atoms with Gasteiger partial charge in [0.1, 0.15) is 5.78 Å². The zero-order chi connectivity index (χ0) is 21.9. The molecule has 1 amide bonds. The van der Waals surface area contributed by atoms with Gasteiger partial charge < -0.3 is 10.6 Å². The van der Waals surface area contributed by atoms with Gasteiger partial charge in [-0.1, -0.05) is 18.2 Å². The van der Waals surface area contributed by atoms with Crippen LogP contribution in [0.2, 0.25) is 0 Å². The fourth-order valence-electron chi connectivity index (χ4n) is 2.70. The van der Waals surface area contributed by atoms with E-state index < -0.39 is 11.7 Å². The van der Waals surface area contributed by atoms with Crippen LogP contribution in [0, 0.1) is 6.92 Å². The van der Waals surface area contributed by atoms with Crippen LogP contribution in [0.25, 0.3) is 11.3 Å². The topological polar surface area (TPSA) is 71.1 Å². The fourth-order valence-corrected chi connectivity index (χ4v) is 3.56. The highest BCUT2D eigenvalue weighted by atomic mass is 32.1. The van der Waals surface area contributed by atoms with Crippen LogP contribution in [-0.4, -0.2) is 23.2 Å². The zero-order valence-corrected chi connectivity index (χ0v) is 16.9. The number of anilines is 2. The van der Waals surface area contributed by atoms with E-state index >= 15 is 0 Å². The van der Waals surface area contributed by atoms with E-state index in [0.29, 0.717) is 27.6 Å². The number of ketones is 1. The molecule has 0 fully saturated rings. The Kier molecular flexibility index (Phi) is 6.21. The van der Waals surface area contributed by atoms with Crippen LogP contribution in [-0.2, 0) is 11.0 Å². The molecule has 0 saturated carbocycles. The first kappa shape index (κ1) is 21.5. The Labute approximate surface area is 175 Å². The van der Waals surface area contributed by atoms with Gasteiger partial charge in [-0.15, -0.1) is 11.3 Å². The summed E-state index contributed by atoms with van der Waals surface area (Å²) in [6.07, 6.45) is -4.38.